The highest BCUT2D eigenvalue weighted by Gasteiger charge is 2.20. The van der Waals surface area contributed by atoms with Crippen LogP contribution >= 0.6 is 0 Å². The molecule has 1 aliphatic rings. The minimum absolute atomic E-state index is 0.118. The van der Waals surface area contributed by atoms with Crippen LogP contribution in [0.2, 0.25) is 0 Å². The summed E-state index contributed by atoms with van der Waals surface area (Å²) in [5, 5.41) is 0. The van der Waals surface area contributed by atoms with E-state index in [1.807, 2.05) is 26.0 Å². The Hall–Kier alpha value is -5.26. The fourth-order valence-electron chi connectivity index (χ4n) is 6.23. The number of aryl methyl sites for hydroxylation is 4. The van der Waals surface area contributed by atoms with Crippen molar-refractivity contribution in [3.8, 4) is 0 Å². The van der Waals surface area contributed by atoms with Gasteiger partial charge in [-0.25, -0.2) is 19.6 Å². The Morgan fingerprint density at radius 1 is 0.620 bits per heavy atom. The lowest BCUT2D eigenvalue weighted by Crippen LogP contribution is -2.09. The van der Waals surface area contributed by atoms with Crippen molar-refractivity contribution in [2.24, 2.45) is 0 Å². The molecule has 0 spiro atoms. The first-order chi connectivity index (χ1) is 23.9. The number of hydrogen-bond acceptors (Lipinski definition) is 10. The van der Waals surface area contributed by atoms with Crippen LogP contribution in [0, 0.1) is 13.8 Å². The third kappa shape index (κ3) is 8.66. The summed E-state index contributed by atoms with van der Waals surface area (Å²) in [6, 6.07) is 7.15. The number of aromatic amines is 2. The van der Waals surface area contributed by atoms with Crippen molar-refractivity contribution in [1.82, 2.24) is 19.9 Å². The topological polar surface area (TPSA) is 163 Å². The number of carbonyl (C=O) groups excluding carboxylic acids is 4. The molecule has 266 valence electrons. The zero-order valence-electron chi connectivity index (χ0n) is 30.1. The summed E-state index contributed by atoms with van der Waals surface area (Å²) in [5.74, 6) is -2.18. The molecule has 0 fully saturated rings. The Balaban J connectivity index is 2.16. The van der Waals surface area contributed by atoms with Crippen molar-refractivity contribution in [3.05, 3.63) is 69.3 Å². The van der Waals surface area contributed by atoms with Gasteiger partial charge in [0.25, 0.3) is 0 Å². The fraction of sp³-hybridized carbons (Fsp3) is 0.421. The van der Waals surface area contributed by atoms with Gasteiger partial charge < -0.3 is 28.9 Å². The predicted octanol–water partition coefficient (Wildman–Crippen LogP) is 6.91. The van der Waals surface area contributed by atoms with Crippen molar-refractivity contribution in [2.45, 2.75) is 80.1 Å². The molecule has 3 aromatic heterocycles. The summed E-state index contributed by atoms with van der Waals surface area (Å²) in [6.07, 6.45) is 3.82. The predicted molar refractivity (Wildman–Crippen MR) is 190 cm³/mol. The summed E-state index contributed by atoms with van der Waals surface area (Å²) in [5.41, 5.74) is 10.1. The molecule has 0 atom stereocenters. The largest absolute Gasteiger partial charge is 0.466 e. The van der Waals surface area contributed by atoms with Gasteiger partial charge in [-0.05, 0) is 110 Å². The minimum Gasteiger partial charge on any atom is -0.466 e. The van der Waals surface area contributed by atoms with E-state index in [1.54, 1.807) is 12.1 Å². The first-order valence-corrected chi connectivity index (χ1v) is 16.8. The zero-order valence-corrected chi connectivity index (χ0v) is 30.1. The van der Waals surface area contributed by atoms with E-state index in [-0.39, 0.29) is 36.5 Å². The van der Waals surface area contributed by atoms with Crippen molar-refractivity contribution in [1.29, 1.82) is 0 Å². The SMILES string of the molecule is CCC1=C(CC)c2cc3[nH]c(cc(C(=O)OC)nc(C(=O)OC)cc4[nH]c(cc1n2)c(CCCOC(C)=O)c4C)c(C)c3CCCOC(C)=O. The Morgan fingerprint density at radius 3 is 1.36 bits per heavy atom. The molecule has 0 aliphatic carbocycles. The van der Waals surface area contributed by atoms with E-state index in [2.05, 4.69) is 28.8 Å². The average Bonchev–Trinajstić information content (AvgIpc) is 3.68. The van der Waals surface area contributed by atoms with Gasteiger partial charge in [0.15, 0.2) is 11.4 Å². The lowest BCUT2D eigenvalue weighted by Gasteiger charge is -2.04. The van der Waals surface area contributed by atoms with Crippen LogP contribution in [0.3, 0.4) is 0 Å². The second-order valence-electron chi connectivity index (χ2n) is 12.0. The molecule has 12 nitrogen and oxygen atoms in total. The van der Waals surface area contributed by atoms with Gasteiger partial charge in [-0.15, -0.1) is 0 Å². The van der Waals surface area contributed by atoms with Crippen LogP contribution in [0.15, 0.2) is 24.3 Å². The number of esters is 4. The third-order valence-corrected chi connectivity index (χ3v) is 8.74. The lowest BCUT2D eigenvalue weighted by molar-refractivity contribution is -0.142. The number of methoxy groups -OCH3 is 2. The molecule has 50 heavy (non-hydrogen) atoms. The number of allylic oxidation sites excluding steroid dienone is 2. The average molecular weight is 687 g/mol. The van der Waals surface area contributed by atoms with E-state index >= 15 is 0 Å². The van der Waals surface area contributed by atoms with Gasteiger partial charge >= 0.3 is 23.9 Å². The standard InChI is InChI=1S/C38H46N4O8/c1-9-25-26(10-2)32-20-34-28(14-12-16-50-24(6)44)22(4)30(40-34)18-36(38(46)48-8)42-35(37(45)47-7)17-29-21(3)27(13-11-15-49-23(5)43)33(39-29)19-31(25)41-32/h17-20,39-40H,9-16H2,1-8H3. The molecule has 4 rings (SSSR count). The highest BCUT2D eigenvalue weighted by atomic mass is 16.5. The molecule has 2 N–H and O–H groups in total. The monoisotopic (exact) mass is 686 g/mol. The van der Waals surface area contributed by atoms with Gasteiger partial charge in [0.05, 0.1) is 38.8 Å². The highest BCUT2D eigenvalue weighted by Crippen LogP contribution is 2.36. The third-order valence-electron chi connectivity index (χ3n) is 8.74. The fourth-order valence-corrected chi connectivity index (χ4v) is 6.23. The molecule has 0 saturated heterocycles. The van der Waals surface area contributed by atoms with Crippen LogP contribution in [0.5, 0.6) is 0 Å². The lowest BCUT2D eigenvalue weighted by atomic mass is 9.99. The van der Waals surface area contributed by atoms with Crippen LogP contribution in [-0.4, -0.2) is 71.2 Å². The Bertz CT molecular complexity index is 1850. The van der Waals surface area contributed by atoms with Crippen molar-refractivity contribution < 1.29 is 38.1 Å². The molecule has 0 saturated carbocycles. The molecule has 12 heteroatoms. The second-order valence-corrected chi connectivity index (χ2v) is 12.0. The van der Waals surface area contributed by atoms with E-state index in [0.29, 0.717) is 36.7 Å². The molecular weight excluding hydrogens is 640 g/mol. The smallest absolute Gasteiger partial charge is 0.356 e. The Morgan fingerprint density at radius 2 is 1.02 bits per heavy atom. The van der Waals surface area contributed by atoms with Crippen LogP contribution in [0.4, 0.5) is 0 Å². The summed E-state index contributed by atoms with van der Waals surface area (Å²) < 4.78 is 20.6. The Kier molecular flexibility index (Phi) is 12.7. The van der Waals surface area contributed by atoms with Crippen molar-refractivity contribution in [2.75, 3.05) is 27.4 Å². The number of ether oxygens (including phenoxy) is 4. The number of aromatic nitrogens is 4. The van der Waals surface area contributed by atoms with Crippen molar-refractivity contribution >= 4 is 57.1 Å². The molecule has 0 amide bonds. The molecule has 0 unspecified atom stereocenters. The van der Waals surface area contributed by atoms with E-state index < -0.39 is 11.9 Å². The maximum absolute atomic E-state index is 13.1. The van der Waals surface area contributed by atoms with Gasteiger partial charge in [-0.3, -0.25) is 9.59 Å². The molecule has 6 bridgehead atoms. The quantitative estimate of drug-likeness (QED) is 0.116. The summed E-state index contributed by atoms with van der Waals surface area (Å²) in [6.45, 7) is 11.4. The van der Waals surface area contributed by atoms with Gasteiger partial charge in [-0.1, -0.05) is 13.8 Å². The maximum Gasteiger partial charge on any atom is 0.356 e. The maximum atomic E-state index is 13.1. The first kappa shape index (κ1) is 37.6. The van der Waals surface area contributed by atoms with Gasteiger partial charge in [0.2, 0.25) is 0 Å². The highest BCUT2D eigenvalue weighted by molar-refractivity contribution is 5.95. The normalized spacial score (nSPS) is 11.7. The molecule has 4 heterocycles. The van der Waals surface area contributed by atoms with Crippen LogP contribution < -0.4 is 0 Å². The Labute approximate surface area is 291 Å². The number of H-pyrrole nitrogens is 2. The minimum atomic E-state index is -0.747. The summed E-state index contributed by atoms with van der Waals surface area (Å²) >= 11 is 0. The van der Waals surface area contributed by atoms with Crippen LogP contribution in [0.25, 0.3) is 33.2 Å². The van der Waals surface area contributed by atoms with E-state index in [9.17, 15) is 19.2 Å². The number of fused-ring (bicyclic) bond motifs is 6. The van der Waals surface area contributed by atoms with E-state index in [0.717, 1.165) is 68.7 Å². The summed E-state index contributed by atoms with van der Waals surface area (Å²) in [4.78, 5) is 65.7. The number of hydrogen-bond donors (Lipinski definition) is 2. The molecule has 0 radical (unpaired) electrons. The molecule has 0 aromatic carbocycles. The number of carbonyl (C=O) groups is 4. The van der Waals surface area contributed by atoms with Crippen LogP contribution in [-0.2, 0) is 41.4 Å². The van der Waals surface area contributed by atoms with E-state index in [4.69, 9.17) is 23.9 Å². The molecular formula is C38H46N4O8. The van der Waals surface area contributed by atoms with Gasteiger partial charge in [0, 0.05) is 35.9 Å². The summed E-state index contributed by atoms with van der Waals surface area (Å²) in [7, 11) is 2.49. The number of nitrogens with zero attached hydrogens (tertiary/aromatic N) is 2. The van der Waals surface area contributed by atoms with Gasteiger partial charge in [-0.2, -0.15) is 0 Å². The second kappa shape index (κ2) is 16.9. The van der Waals surface area contributed by atoms with Gasteiger partial charge in [0.1, 0.15) is 0 Å². The molecule has 3 aromatic rings. The van der Waals surface area contributed by atoms with E-state index in [1.165, 1.54) is 28.1 Å². The van der Waals surface area contributed by atoms with Crippen LogP contribution in [0.1, 0.15) is 108 Å². The van der Waals surface area contributed by atoms with Crippen molar-refractivity contribution in [3.63, 3.8) is 0 Å². The zero-order chi connectivity index (χ0) is 36.5. The number of rotatable bonds is 12. The molecule has 1 aliphatic heterocycles. The first-order valence-electron chi connectivity index (χ1n) is 16.8. The number of nitrogens with one attached hydrogen (secondary N) is 2.